The standard InChI is InChI=1S/C16H19FN2O/c1-11-9-14(12(2)19-11)10-16(20)18-8-7-13-3-5-15(17)6-4-13/h3-6,9,19H,7-8,10H2,1-2H3,(H,18,20). The minimum absolute atomic E-state index is 0.00853. The van der Waals surface area contributed by atoms with E-state index in [2.05, 4.69) is 10.3 Å². The van der Waals surface area contributed by atoms with Crippen LogP contribution in [0.2, 0.25) is 0 Å². The summed E-state index contributed by atoms with van der Waals surface area (Å²) in [5, 5.41) is 2.88. The summed E-state index contributed by atoms with van der Waals surface area (Å²) in [5.41, 5.74) is 4.15. The maximum absolute atomic E-state index is 12.7. The molecule has 20 heavy (non-hydrogen) atoms. The number of carbonyl (C=O) groups is 1. The Hall–Kier alpha value is -2.10. The number of halogens is 1. The molecule has 0 radical (unpaired) electrons. The Kier molecular flexibility index (Phi) is 4.56. The second kappa shape index (κ2) is 6.37. The maximum atomic E-state index is 12.7. The first-order valence-corrected chi connectivity index (χ1v) is 6.71. The lowest BCUT2D eigenvalue weighted by molar-refractivity contribution is -0.120. The Balaban J connectivity index is 1.78. The highest BCUT2D eigenvalue weighted by atomic mass is 19.1. The summed E-state index contributed by atoms with van der Waals surface area (Å²) in [5.74, 6) is -0.231. The lowest BCUT2D eigenvalue weighted by Gasteiger charge is -2.05. The molecule has 0 bridgehead atoms. The van der Waals surface area contributed by atoms with Crippen LogP contribution in [0.5, 0.6) is 0 Å². The second-order valence-corrected chi connectivity index (χ2v) is 5.01. The van der Waals surface area contributed by atoms with Crippen LogP contribution in [0.3, 0.4) is 0 Å². The van der Waals surface area contributed by atoms with Crippen LogP contribution < -0.4 is 5.32 Å². The largest absolute Gasteiger partial charge is 0.362 e. The number of rotatable bonds is 5. The molecule has 4 heteroatoms. The zero-order chi connectivity index (χ0) is 14.5. The van der Waals surface area contributed by atoms with Gasteiger partial charge in [0.15, 0.2) is 0 Å². The molecule has 0 atom stereocenters. The number of amides is 1. The zero-order valence-corrected chi connectivity index (χ0v) is 11.8. The van der Waals surface area contributed by atoms with Crippen LogP contribution in [0.25, 0.3) is 0 Å². The monoisotopic (exact) mass is 274 g/mol. The Labute approximate surface area is 118 Å². The zero-order valence-electron chi connectivity index (χ0n) is 11.8. The smallest absolute Gasteiger partial charge is 0.224 e. The molecule has 0 aliphatic heterocycles. The highest BCUT2D eigenvalue weighted by Gasteiger charge is 2.07. The van der Waals surface area contributed by atoms with E-state index in [0.29, 0.717) is 19.4 Å². The van der Waals surface area contributed by atoms with Gasteiger partial charge in [-0.1, -0.05) is 12.1 Å². The van der Waals surface area contributed by atoms with Crippen LogP contribution in [0.15, 0.2) is 30.3 Å². The predicted molar refractivity (Wildman–Crippen MR) is 77.1 cm³/mol. The van der Waals surface area contributed by atoms with Gasteiger partial charge in [0.05, 0.1) is 6.42 Å². The minimum atomic E-state index is -0.240. The van der Waals surface area contributed by atoms with Crippen molar-refractivity contribution in [3.8, 4) is 0 Å². The molecule has 3 nitrogen and oxygen atoms in total. The van der Waals surface area contributed by atoms with Crippen LogP contribution in [-0.2, 0) is 17.6 Å². The van der Waals surface area contributed by atoms with Crippen molar-refractivity contribution in [2.75, 3.05) is 6.54 Å². The average Bonchev–Trinajstić information content (AvgIpc) is 2.70. The third-order valence-electron chi connectivity index (χ3n) is 3.26. The summed E-state index contributed by atoms with van der Waals surface area (Å²) >= 11 is 0. The van der Waals surface area contributed by atoms with Crippen molar-refractivity contribution in [2.45, 2.75) is 26.7 Å². The van der Waals surface area contributed by atoms with Crippen molar-refractivity contribution in [3.05, 3.63) is 58.7 Å². The molecule has 0 fully saturated rings. The Bertz CT molecular complexity index is 587. The van der Waals surface area contributed by atoms with Gasteiger partial charge in [-0.25, -0.2) is 4.39 Å². The Morgan fingerprint density at radius 3 is 2.55 bits per heavy atom. The van der Waals surface area contributed by atoms with Crippen molar-refractivity contribution >= 4 is 5.91 Å². The van der Waals surface area contributed by atoms with Gasteiger partial charge >= 0.3 is 0 Å². The Morgan fingerprint density at radius 2 is 1.95 bits per heavy atom. The molecule has 1 aromatic heterocycles. The van der Waals surface area contributed by atoms with Crippen LogP contribution in [0, 0.1) is 19.7 Å². The molecule has 2 rings (SSSR count). The molecule has 0 unspecified atom stereocenters. The van der Waals surface area contributed by atoms with Gasteiger partial charge in [-0.15, -0.1) is 0 Å². The quantitative estimate of drug-likeness (QED) is 0.865. The van der Waals surface area contributed by atoms with Gasteiger partial charge in [0.2, 0.25) is 5.91 Å². The number of aromatic nitrogens is 1. The van der Waals surface area contributed by atoms with E-state index in [1.165, 1.54) is 12.1 Å². The molecule has 0 saturated heterocycles. The molecule has 1 heterocycles. The molecule has 1 amide bonds. The average molecular weight is 274 g/mol. The van der Waals surface area contributed by atoms with E-state index < -0.39 is 0 Å². The van der Waals surface area contributed by atoms with Crippen LogP contribution in [0.1, 0.15) is 22.5 Å². The van der Waals surface area contributed by atoms with E-state index >= 15 is 0 Å². The fraction of sp³-hybridized carbons (Fsp3) is 0.312. The van der Waals surface area contributed by atoms with Gasteiger partial charge in [0.1, 0.15) is 5.82 Å². The summed E-state index contributed by atoms with van der Waals surface area (Å²) in [6.07, 6.45) is 1.09. The van der Waals surface area contributed by atoms with E-state index in [4.69, 9.17) is 0 Å². The number of nitrogens with one attached hydrogen (secondary N) is 2. The second-order valence-electron chi connectivity index (χ2n) is 5.01. The van der Waals surface area contributed by atoms with Crippen molar-refractivity contribution < 1.29 is 9.18 Å². The van der Waals surface area contributed by atoms with E-state index in [-0.39, 0.29) is 11.7 Å². The fourth-order valence-corrected chi connectivity index (χ4v) is 2.20. The number of benzene rings is 1. The third kappa shape index (κ3) is 3.95. The highest BCUT2D eigenvalue weighted by molar-refractivity contribution is 5.78. The van der Waals surface area contributed by atoms with Crippen molar-refractivity contribution in [2.24, 2.45) is 0 Å². The van der Waals surface area contributed by atoms with Gasteiger partial charge in [0.25, 0.3) is 0 Å². The normalized spacial score (nSPS) is 10.6. The van der Waals surface area contributed by atoms with E-state index in [9.17, 15) is 9.18 Å². The topological polar surface area (TPSA) is 44.9 Å². The Morgan fingerprint density at radius 1 is 1.25 bits per heavy atom. The van der Waals surface area contributed by atoms with Crippen molar-refractivity contribution in [1.29, 1.82) is 0 Å². The molecule has 2 N–H and O–H groups in total. The maximum Gasteiger partial charge on any atom is 0.224 e. The molecule has 106 valence electrons. The molecular weight excluding hydrogens is 255 g/mol. The van der Waals surface area contributed by atoms with E-state index in [0.717, 1.165) is 22.5 Å². The number of aryl methyl sites for hydroxylation is 2. The molecule has 0 spiro atoms. The van der Waals surface area contributed by atoms with Gasteiger partial charge in [-0.2, -0.15) is 0 Å². The lowest BCUT2D eigenvalue weighted by atomic mass is 10.1. The van der Waals surface area contributed by atoms with E-state index in [1.54, 1.807) is 12.1 Å². The molecule has 1 aromatic carbocycles. The van der Waals surface area contributed by atoms with Gasteiger partial charge in [-0.3, -0.25) is 4.79 Å². The van der Waals surface area contributed by atoms with Crippen molar-refractivity contribution in [3.63, 3.8) is 0 Å². The lowest BCUT2D eigenvalue weighted by Crippen LogP contribution is -2.27. The summed E-state index contributed by atoms with van der Waals surface area (Å²) in [4.78, 5) is 15.0. The number of H-pyrrole nitrogens is 1. The summed E-state index contributed by atoms with van der Waals surface area (Å²) in [6.45, 7) is 4.50. The SMILES string of the molecule is Cc1cc(CC(=O)NCCc2ccc(F)cc2)c(C)[nH]1. The summed E-state index contributed by atoms with van der Waals surface area (Å²) in [7, 11) is 0. The van der Waals surface area contributed by atoms with Crippen molar-refractivity contribution in [1.82, 2.24) is 10.3 Å². The number of hydrogen-bond acceptors (Lipinski definition) is 1. The molecule has 0 aliphatic carbocycles. The number of aromatic amines is 1. The van der Waals surface area contributed by atoms with Crippen LogP contribution in [0.4, 0.5) is 4.39 Å². The van der Waals surface area contributed by atoms with Crippen LogP contribution >= 0.6 is 0 Å². The van der Waals surface area contributed by atoms with Gasteiger partial charge in [0, 0.05) is 17.9 Å². The first-order valence-electron chi connectivity index (χ1n) is 6.71. The summed E-state index contributed by atoms with van der Waals surface area (Å²) < 4.78 is 12.7. The molecule has 2 aromatic rings. The molecular formula is C16H19FN2O. The predicted octanol–water partition coefficient (Wildman–Crippen LogP) is 2.67. The first-order chi connectivity index (χ1) is 9.54. The van der Waals surface area contributed by atoms with Gasteiger partial charge < -0.3 is 10.3 Å². The van der Waals surface area contributed by atoms with E-state index in [1.807, 2.05) is 19.9 Å². The minimum Gasteiger partial charge on any atom is -0.362 e. The molecule has 0 saturated carbocycles. The highest BCUT2D eigenvalue weighted by Crippen LogP contribution is 2.09. The van der Waals surface area contributed by atoms with Crippen LogP contribution in [-0.4, -0.2) is 17.4 Å². The third-order valence-corrected chi connectivity index (χ3v) is 3.26. The van der Waals surface area contributed by atoms with Gasteiger partial charge in [-0.05, 0) is 49.6 Å². The summed E-state index contributed by atoms with van der Waals surface area (Å²) in [6, 6.07) is 8.34. The first kappa shape index (κ1) is 14.3. The molecule has 0 aliphatic rings. The fourth-order valence-electron chi connectivity index (χ4n) is 2.20. The number of carbonyl (C=O) groups excluding carboxylic acids is 1. The number of hydrogen-bond donors (Lipinski definition) is 2.